The maximum Gasteiger partial charge on any atom is 0.411 e. The summed E-state index contributed by atoms with van der Waals surface area (Å²) in [7, 11) is 1.80. The number of fused-ring (bicyclic) bond motifs is 1. The Kier molecular flexibility index (Phi) is 15.3. The van der Waals surface area contributed by atoms with E-state index < -0.39 is 6.09 Å². The van der Waals surface area contributed by atoms with Gasteiger partial charge in [-0.2, -0.15) is 0 Å². The monoisotopic (exact) mass is 800 g/mol. The van der Waals surface area contributed by atoms with Crippen LogP contribution in [0.3, 0.4) is 0 Å². The second-order valence-electron chi connectivity index (χ2n) is 15.4. The number of hydrogen-bond donors (Lipinski definition) is 5. The lowest BCUT2D eigenvalue weighted by atomic mass is 10.0. The number of para-hydroxylation sites is 1. The molecular formula is C47H56N6O6. The van der Waals surface area contributed by atoms with Crippen LogP contribution in [0.5, 0.6) is 5.75 Å². The Labute approximate surface area is 346 Å². The SMILES string of the molecule is CC(Cc1cccc(CC(=O)NCCCN(C)C(=O)CCN2CCC(OC(=O)Nc3ccccc3-c3ccccc3)CC2)c1)NCCc1ccc(O)c2[nH]c(=O)ccc12. The number of pyridine rings is 1. The topological polar surface area (TPSA) is 156 Å². The summed E-state index contributed by atoms with van der Waals surface area (Å²) >= 11 is 0. The molecule has 0 spiro atoms. The molecule has 1 aliphatic rings. The molecule has 12 heteroatoms. The van der Waals surface area contributed by atoms with E-state index >= 15 is 0 Å². The van der Waals surface area contributed by atoms with Crippen LogP contribution in [0.25, 0.3) is 22.0 Å². The predicted octanol–water partition coefficient (Wildman–Crippen LogP) is 6.27. The van der Waals surface area contributed by atoms with E-state index in [0.29, 0.717) is 56.5 Å². The van der Waals surface area contributed by atoms with Crippen molar-refractivity contribution < 1.29 is 24.2 Å². The van der Waals surface area contributed by atoms with Gasteiger partial charge in [0.1, 0.15) is 11.9 Å². The number of phenolic OH excluding ortho intramolecular Hbond substituents is 1. The van der Waals surface area contributed by atoms with Crippen LogP contribution in [-0.2, 0) is 33.6 Å². The largest absolute Gasteiger partial charge is 0.506 e. The summed E-state index contributed by atoms with van der Waals surface area (Å²) in [6.07, 6.45) is 3.70. The Balaban J connectivity index is 0.822. The quantitative estimate of drug-likeness (QED) is 0.0650. The van der Waals surface area contributed by atoms with Crippen molar-refractivity contribution in [1.29, 1.82) is 0 Å². The summed E-state index contributed by atoms with van der Waals surface area (Å²) in [5, 5.41) is 20.5. The van der Waals surface area contributed by atoms with Gasteiger partial charge in [-0.15, -0.1) is 0 Å². The number of nitrogens with zero attached hydrogens (tertiary/aromatic N) is 2. The normalized spacial score (nSPS) is 13.8. The fourth-order valence-corrected chi connectivity index (χ4v) is 7.62. The van der Waals surface area contributed by atoms with Crippen molar-refractivity contribution in [2.24, 2.45) is 0 Å². The number of ether oxygens (including phenoxy) is 1. The van der Waals surface area contributed by atoms with Crippen molar-refractivity contribution in [1.82, 2.24) is 25.4 Å². The number of likely N-dealkylation sites (tertiary alicyclic amines) is 1. The molecular weight excluding hydrogens is 745 g/mol. The van der Waals surface area contributed by atoms with Gasteiger partial charge in [0.15, 0.2) is 0 Å². The van der Waals surface area contributed by atoms with Crippen molar-refractivity contribution in [3.05, 3.63) is 130 Å². The highest BCUT2D eigenvalue weighted by Gasteiger charge is 2.23. The van der Waals surface area contributed by atoms with Crippen LogP contribution >= 0.6 is 0 Å². The average Bonchev–Trinajstić information content (AvgIpc) is 3.23. The van der Waals surface area contributed by atoms with Gasteiger partial charge in [-0.25, -0.2) is 4.79 Å². The zero-order valence-corrected chi connectivity index (χ0v) is 34.0. The fraction of sp³-hybridized carbons (Fsp3) is 0.362. The van der Waals surface area contributed by atoms with Gasteiger partial charge in [-0.05, 0) is 86.0 Å². The van der Waals surface area contributed by atoms with E-state index in [0.717, 1.165) is 65.7 Å². The Bertz CT molecular complexity index is 2240. The molecule has 59 heavy (non-hydrogen) atoms. The number of phenols is 1. The Morgan fingerprint density at radius 1 is 0.915 bits per heavy atom. The van der Waals surface area contributed by atoms with Gasteiger partial charge in [0.05, 0.1) is 17.6 Å². The summed E-state index contributed by atoms with van der Waals surface area (Å²) in [5.41, 5.74) is 6.01. The summed E-state index contributed by atoms with van der Waals surface area (Å²) in [6, 6.07) is 32.6. The third kappa shape index (κ3) is 12.8. The van der Waals surface area contributed by atoms with Crippen LogP contribution in [0.2, 0.25) is 0 Å². The number of rotatable bonds is 18. The number of H-pyrrole nitrogens is 1. The minimum atomic E-state index is -0.458. The molecule has 6 rings (SSSR count). The summed E-state index contributed by atoms with van der Waals surface area (Å²) < 4.78 is 5.76. The molecule has 1 aliphatic heterocycles. The first-order valence-electron chi connectivity index (χ1n) is 20.6. The number of aromatic amines is 1. The second kappa shape index (κ2) is 21.1. The first-order chi connectivity index (χ1) is 28.6. The molecule has 1 aromatic heterocycles. The number of hydrogen-bond acceptors (Lipinski definition) is 8. The van der Waals surface area contributed by atoms with E-state index in [9.17, 15) is 24.3 Å². The van der Waals surface area contributed by atoms with Gasteiger partial charge < -0.3 is 35.3 Å². The number of carbonyl (C=O) groups is 3. The third-order valence-corrected chi connectivity index (χ3v) is 10.9. The molecule has 3 amide bonds. The van der Waals surface area contributed by atoms with Crippen molar-refractivity contribution in [2.75, 3.05) is 51.6 Å². The summed E-state index contributed by atoms with van der Waals surface area (Å²) in [6.45, 7) is 6.07. The van der Waals surface area contributed by atoms with Crippen molar-refractivity contribution in [3.63, 3.8) is 0 Å². The van der Waals surface area contributed by atoms with Crippen molar-refractivity contribution in [2.45, 2.75) is 64.0 Å². The number of piperidine rings is 1. The Morgan fingerprint density at radius 2 is 1.68 bits per heavy atom. The predicted molar refractivity (Wildman–Crippen MR) is 233 cm³/mol. The number of benzene rings is 4. The van der Waals surface area contributed by atoms with E-state index in [1.54, 1.807) is 24.1 Å². The van der Waals surface area contributed by atoms with Crippen LogP contribution in [0.1, 0.15) is 49.3 Å². The molecule has 0 aliphatic carbocycles. The van der Waals surface area contributed by atoms with Gasteiger partial charge in [0, 0.05) is 69.3 Å². The van der Waals surface area contributed by atoms with Crippen molar-refractivity contribution >= 4 is 34.5 Å². The first-order valence-corrected chi connectivity index (χ1v) is 20.6. The lowest BCUT2D eigenvalue weighted by Gasteiger charge is -2.31. The molecule has 1 saturated heterocycles. The van der Waals surface area contributed by atoms with E-state index in [4.69, 9.17) is 4.74 Å². The van der Waals surface area contributed by atoms with E-state index in [1.165, 1.54) is 6.07 Å². The van der Waals surface area contributed by atoms with E-state index in [1.807, 2.05) is 72.8 Å². The second-order valence-corrected chi connectivity index (χ2v) is 15.4. The molecule has 1 unspecified atom stereocenters. The number of aromatic nitrogens is 1. The van der Waals surface area contributed by atoms with Gasteiger partial charge in [-0.3, -0.25) is 19.7 Å². The number of aromatic hydroxyl groups is 1. The minimum absolute atomic E-state index is 0.0494. The molecule has 12 nitrogen and oxygen atoms in total. The molecule has 4 aromatic carbocycles. The number of nitrogens with one attached hydrogen (secondary N) is 4. The maximum absolute atomic E-state index is 12.9. The molecule has 1 atom stereocenters. The smallest absolute Gasteiger partial charge is 0.411 e. The number of amides is 3. The van der Waals surface area contributed by atoms with Gasteiger partial charge in [0.2, 0.25) is 17.4 Å². The maximum atomic E-state index is 12.9. The zero-order valence-electron chi connectivity index (χ0n) is 34.0. The molecule has 5 N–H and O–H groups in total. The number of carbonyl (C=O) groups excluding carboxylic acids is 3. The standard InChI is InChI=1S/C47H56N6O6/c1-33(48-25-20-37-16-18-42(54)46-40(37)17-19-43(55)51-46)30-34-10-8-11-35(31-34)32-44(56)49-24-9-26-52(2)45(57)23-29-53-27-21-38(22-28-53)59-47(58)50-41-15-7-6-14-39(41)36-12-4-3-5-13-36/h3-8,10-19,31,33,38,48,54H,9,20-30,32H2,1-2H3,(H,49,56)(H,50,58)(H,51,55). The van der Waals surface area contributed by atoms with Crippen LogP contribution in [0.4, 0.5) is 10.5 Å². The highest BCUT2D eigenvalue weighted by Crippen LogP contribution is 2.28. The molecule has 0 saturated carbocycles. The highest BCUT2D eigenvalue weighted by atomic mass is 16.6. The lowest BCUT2D eigenvalue weighted by molar-refractivity contribution is -0.130. The first kappa shape index (κ1) is 42.6. The van der Waals surface area contributed by atoms with Crippen LogP contribution in [-0.4, -0.2) is 96.3 Å². The zero-order chi connectivity index (χ0) is 41.6. The average molecular weight is 801 g/mol. The Hall–Kier alpha value is -5.98. The molecule has 0 bridgehead atoms. The lowest BCUT2D eigenvalue weighted by Crippen LogP contribution is -2.40. The van der Waals surface area contributed by atoms with Crippen LogP contribution < -0.4 is 21.5 Å². The summed E-state index contributed by atoms with van der Waals surface area (Å²) in [4.78, 5) is 56.8. The molecule has 2 heterocycles. The minimum Gasteiger partial charge on any atom is -0.506 e. The third-order valence-electron chi connectivity index (χ3n) is 10.9. The highest BCUT2D eigenvalue weighted by molar-refractivity contribution is 5.91. The molecule has 310 valence electrons. The van der Waals surface area contributed by atoms with Gasteiger partial charge in [0.25, 0.3) is 0 Å². The van der Waals surface area contributed by atoms with E-state index in [-0.39, 0.29) is 41.7 Å². The fourth-order valence-electron chi connectivity index (χ4n) is 7.62. The van der Waals surface area contributed by atoms with Crippen LogP contribution in [0, 0.1) is 0 Å². The molecule has 1 fully saturated rings. The van der Waals surface area contributed by atoms with Crippen molar-refractivity contribution in [3.8, 4) is 16.9 Å². The van der Waals surface area contributed by atoms with Gasteiger partial charge >= 0.3 is 6.09 Å². The van der Waals surface area contributed by atoms with E-state index in [2.05, 4.69) is 44.9 Å². The molecule has 0 radical (unpaired) electrons. The molecule has 5 aromatic rings. The van der Waals surface area contributed by atoms with Crippen LogP contribution in [0.15, 0.2) is 108 Å². The Morgan fingerprint density at radius 3 is 2.49 bits per heavy atom. The van der Waals surface area contributed by atoms with Gasteiger partial charge in [-0.1, -0.05) is 78.9 Å². The number of anilines is 1. The summed E-state index contributed by atoms with van der Waals surface area (Å²) in [5.74, 6) is 0.0793.